The van der Waals surface area contributed by atoms with Crippen LogP contribution in [-0.4, -0.2) is 59.1 Å². The molecular formula is C16H30N2O2. The quantitative estimate of drug-likeness (QED) is 0.856. The maximum Gasteiger partial charge on any atom is 0.236 e. The first-order valence-electron chi connectivity index (χ1n) is 8.31. The molecule has 20 heavy (non-hydrogen) atoms. The van der Waals surface area contributed by atoms with Crippen molar-refractivity contribution in [2.75, 3.05) is 26.2 Å². The average molecular weight is 282 g/mol. The number of rotatable bonds is 4. The molecule has 1 N–H and O–H groups in total. The third-order valence-electron chi connectivity index (χ3n) is 5.04. The number of aliphatic hydroxyl groups excluding tert-OH is 1. The number of carbonyl (C=O) groups is 1. The van der Waals surface area contributed by atoms with Gasteiger partial charge >= 0.3 is 0 Å². The molecule has 1 saturated heterocycles. The van der Waals surface area contributed by atoms with Gasteiger partial charge in [-0.1, -0.05) is 26.2 Å². The first kappa shape index (κ1) is 15.8. The molecule has 0 aromatic heterocycles. The maximum absolute atomic E-state index is 12.5. The Kier molecular flexibility index (Phi) is 5.85. The van der Waals surface area contributed by atoms with Crippen molar-refractivity contribution in [3.8, 4) is 0 Å². The highest BCUT2D eigenvalue weighted by atomic mass is 16.3. The van der Waals surface area contributed by atoms with Crippen LogP contribution in [0.3, 0.4) is 0 Å². The molecule has 0 bridgehead atoms. The molecule has 116 valence electrons. The molecule has 1 aliphatic heterocycles. The number of likely N-dealkylation sites (tertiary alicyclic amines) is 1. The summed E-state index contributed by atoms with van der Waals surface area (Å²) in [6.45, 7) is 7.05. The molecule has 1 amide bonds. The fourth-order valence-electron chi connectivity index (χ4n) is 3.57. The Morgan fingerprint density at radius 1 is 1.25 bits per heavy atom. The number of piperidine rings is 1. The van der Waals surface area contributed by atoms with Crippen LogP contribution < -0.4 is 0 Å². The average Bonchev–Trinajstić information content (AvgIpc) is 2.45. The van der Waals surface area contributed by atoms with Crippen LogP contribution >= 0.6 is 0 Å². The topological polar surface area (TPSA) is 43.8 Å². The third-order valence-corrected chi connectivity index (χ3v) is 5.04. The monoisotopic (exact) mass is 282 g/mol. The molecule has 2 atom stereocenters. The fourth-order valence-corrected chi connectivity index (χ4v) is 3.57. The fraction of sp³-hybridized carbons (Fsp3) is 0.938. The Morgan fingerprint density at radius 3 is 2.55 bits per heavy atom. The van der Waals surface area contributed by atoms with E-state index < -0.39 is 0 Å². The molecule has 1 heterocycles. The Balaban J connectivity index is 1.85. The first-order chi connectivity index (χ1) is 9.61. The second-order valence-corrected chi connectivity index (χ2v) is 6.54. The van der Waals surface area contributed by atoms with Crippen LogP contribution in [0.5, 0.6) is 0 Å². The molecule has 0 spiro atoms. The van der Waals surface area contributed by atoms with Crippen LogP contribution in [0, 0.1) is 5.92 Å². The molecule has 2 aliphatic rings. The summed E-state index contributed by atoms with van der Waals surface area (Å²) >= 11 is 0. The van der Waals surface area contributed by atoms with Crippen molar-refractivity contribution in [3.63, 3.8) is 0 Å². The van der Waals surface area contributed by atoms with Gasteiger partial charge in [0.25, 0.3) is 0 Å². The molecule has 1 aliphatic carbocycles. The van der Waals surface area contributed by atoms with Crippen LogP contribution in [-0.2, 0) is 4.79 Å². The van der Waals surface area contributed by atoms with Crippen LogP contribution in [0.2, 0.25) is 0 Å². The Hall–Kier alpha value is -0.610. The summed E-state index contributed by atoms with van der Waals surface area (Å²) in [5.74, 6) is 0.614. The van der Waals surface area contributed by atoms with Gasteiger partial charge in [0.2, 0.25) is 5.91 Å². The molecule has 2 rings (SSSR count). The van der Waals surface area contributed by atoms with Crippen molar-refractivity contribution in [3.05, 3.63) is 0 Å². The molecule has 2 fully saturated rings. The van der Waals surface area contributed by atoms with Crippen molar-refractivity contribution in [2.45, 2.75) is 64.5 Å². The van der Waals surface area contributed by atoms with E-state index in [1.807, 2.05) is 0 Å². The Morgan fingerprint density at radius 2 is 1.95 bits per heavy atom. The minimum absolute atomic E-state index is 0.251. The van der Waals surface area contributed by atoms with Gasteiger partial charge in [-0.05, 0) is 38.6 Å². The molecular weight excluding hydrogens is 252 g/mol. The molecule has 0 aromatic rings. The molecule has 2 unspecified atom stereocenters. The van der Waals surface area contributed by atoms with E-state index >= 15 is 0 Å². The zero-order chi connectivity index (χ0) is 14.5. The highest BCUT2D eigenvalue weighted by Gasteiger charge is 2.29. The molecule has 4 heteroatoms. The van der Waals surface area contributed by atoms with E-state index in [0.29, 0.717) is 25.0 Å². The van der Waals surface area contributed by atoms with Gasteiger partial charge in [-0.15, -0.1) is 0 Å². The minimum Gasteiger partial charge on any atom is -0.392 e. The molecule has 0 aromatic carbocycles. The van der Waals surface area contributed by atoms with Gasteiger partial charge in [0.05, 0.1) is 12.6 Å². The summed E-state index contributed by atoms with van der Waals surface area (Å²) in [7, 11) is 0. The van der Waals surface area contributed by atoms with Gasteiger partial charge < -0.3 is 10.0 Å². The highest BCUT2D eigenvalue weighted by molar-refractivity contribution is 5.78. The number of amides is 1. The minimum atomic E-state index is -0.277. The van der Waals surface area contributed by atoms with Gasteiger partial charge in [-0.3, -0.25) is 9.69 Å². The largest absolute Gasteiger partial charge is 0.392 e. The van der Waals surface area contributed by atoms with Gasteiger partial charge in [-0.2, -0.15) is 0 Å². The lowest BCUT2D eigenvalue weighted by atomic mass is 9.94. The summed E-state index contributed by atoms with van der Waals surface area (Å²) in [6, 6.07) is 0.454. The van der Waals surface area contributed by atoms with Crippen LogP contribution in [0.4, 0.5) is 0 Å². The Bertz CT molecular complexity index is 316. The number of aliphatic hydroxyl groups is 1. The molecule has 1 saturated carbocycles. The highest BCUT2D eigenvalue weighted by Crippen LogP contribution is 2.23. The predicted octanol–water partition coefficient (Wildman–Crippen LogP) is 1.87. The summed E-state index contributed by atoms with van der Waals surface area (Å²) in [4.78, 5) is 16.7. The zero-order valence-corrected chi connectivity index (χ0v) is 13.1. The molecule has 4 nitrogen and oxygen atoms in total. The summed E-state index contributed by atoms with van der Waals surface area (Å²) in [5.41, 5.74) is 0. The normalized spacial score (nSPS) is 29.4. The summed E-state index contributed by atoms with van der Waals surface area (Å²) in [6.07, 6.45) is 6.88. The third kappa shape index (κ3) is 3.95. The van der Waals surface area contributed by atoms with Gasteiger partial charge in [-0.25, -0.2) is 0 Å². The van der Waals surface area contributed by atoms with Crippen LogP contribution in [0.15, 0.2) is 0 Å². The lowest BCUT2D eigenvalue weighted by Gasteiger charge is -2.37. The van der Waals surface area contributed by atoms with E-state index in [4.69, 9.17) is 0 Å². The number of hydrogen-bond donors (Lipinski definition) is 1. The summed E-state index contributed by atoms with van der Waals surface area (Å²) in [5, 5.41) is 9.94. The SMILES string of the molecule is CCN(C(=O)CN1CCC(C)C(O)C1)C1CCCCC1. The van der Waals surface area contributed by atoms with Crippen molar-refractivity contribution in [1.82, 2.24) is 9.80 Å². The zero-order valence-electron chi connectivity index (χ0n) is 13.1. The standard InChI is InChI=1S/C16H30N2O2/c1-3-18(14-7-5-4-6-8-14)16(20)12-17-10-9-13(2)15(19)11-17/h13-15,19H,3-12H2,1-2H3. The summed E-state index contributed by atoms with van der Waals surface area (Å²) < 4.78 is 0. The molecule has 0 radical (unpaired) electrons. The van der Waals surface area contributed by atoms with E-state index in [-0.39, 0.29) is 12.0 Å². The predicted molar refractivity (Wildman–Crippen MR) is 80.5 cm³/mol. The van der Waals surface area contributed by atoms with Crippen molar-refractivity contribution in [1.29, 1.82) is 0 Å². The van der Waals surface area contributed by atoms with E-state index in [9.17, 15) is 9.90 Å². The maximum atomic E-state index is 12.5. The van der Waals surface area contributed by atoms with Crippen molar-refractivity contribution >= 4 is 5.91 Å². The van der Waals surface area contributed by atoms with E-state index in [1.54, 1.807) is 0 Å². The second kappa shape index (κ2) is 7.41. The van der Waals surface area contributed by atoms with Gasteiger partial charge in [0.1, 0.15) is 0 Å². The number of likely N-dealkylation sites (N-methyl/N-ethyl adjacent to an activating group) is 1. The van der Waals surface area contributed by atoms with Crippen LogP contribution in [0.1, 0.15) is 52.4 Å². The number of β-amino-alcohol motifs (C(OH)–C–C–N with tert-alkyl or cyclic N) is 1. The number of hydrogen-bond acceptors (Lipinski definition) is 3. The number of carbonyl (C=O) groups excluding carboxylic acids is 1. The van der Waals surface area contributed by atoms with Gasteiger partial charge in [0.15, 0.2) is 0 Å². The Labute approximate surface area is 123 Å². The van der Waals surface area contributed by atoms with E-state index in [2.05, 4.69) is 23.6 Å². The van der Waals surface area contributed by atoms with Crippen molar-refractivity contribution < 1.29 is 9.90 Å². The van der Waals surface area contributed by atoms with E-state index in [1.165, 1.54) is 32.1 Å². The van der Waals surface area contributed by atoms with E-state index in [0.717, 1.165) is 19.5 Å². The smallest absolute Gasteiger partial charge is 0.236 e. The van der Waals surface area contributed by atoms with Crippen molar-refractivity contribution in [2.24, 2.45) is 5.92 Å². The lowest BCUT2D eigenvalue weighted by molar-refractivity contribution is -0.136. The van der Waals surface area contributed by atoms with Crippen LogP contribution in [0.25, 0.3) is 0 Å². The first-order valence-corrected chi connectivity index (χ1v) is 8.31. The lowest BCUT2D eigenvalue weighted by Crippen LogP contribution is -2.50. The second-order valence-electron chi connectivity index (χ2n) is 6.54. The van der Waals surface area contributed by atoms with Gasteiger partial charge in [0, 0.05) is 19.1 Å². The number of nitrogens with zero attached hydrogens (tertiary/aromatic N) is 2.